The number of carbonyl (C=O) groups excluding carboxylic acids is 1. The molecule has 0 aromatic heterocycles. The fraction of sp³-hybridized carbons (Fsp3) is 0.273. The summed E-state index contributed by atoms with van der Waals surface area (Å²) in [5.74, 6) is -2.09. The lowest BCUT2D eigenvalue weighted by Gasteiger charge is -2.11. The summed E-state index contributed by atoms with van der Waals surface area (Å²) in [5.41, 5.74) is -0.0879. The number of alkyl halides is 3. The third-order valence-corrected chi connectivity index (χ3v) is 2.10. The van der Waals surface area contributed by atoms with Crippen LogP contribution >= 0.6 is 0 Å². The van der Waals surface area contributed by atoms with Gasteiger partial charge in [0.1, 0.15) is 0 Å². The number of allylic oxidation sites excluding steroid dienone is 3. The number of nitrogens with one attached hydrogen (secondary N) is 1. The average molecular weight is 258 g/mol. The average Bonchev–Trinajstić information content (AvgIpc) is 2.25. The second kappa shape index (κ2) is 5.51. The molecule has 0 unspecified atom stereocenters. The highest BCUT2D eigenvalue weighted by atomic mass is 19.4. The van der Waals surface area contributed by atoms with E-state index in [1.807, 2.05) is 0 Å². The van der Waals surface area contributed by atoms with Crippen molar-refractivity contribution in [2.24, 2.45) is 0 Å². The number of nitrogens with zero attached hydrogens (tertiary/aromatic N) is 1. The van der Waals surface area contributed by atoms with Crippen LogP contribution < -0.4 is 5.32 Å². The van der Waals surface area contributed by atoms with Gasteiger partial charge in [-0.25, -0.2) is 0 Å². The maximum Gasteiger partial charge on any atom is 0.471 e. The molecule has 1 aliphatic rings. The normalized spacial score (nSPS) is 27.6. The highest BCUT2D eigenvalue weighted by Gasteiger charge is 2.38. The number of hydrogen-bond donors (Lipinski definition) is 2. The van der Waals surface area contributed by atoms with Crippen molar-refractivity contribution in [2.75, 3.05) is 0 Å². The summed E-state index contributed by atoms with van der Waals surface area (Å²) in [7, 11) is 0. The van der Waals surface area contributed by atoms with Crippen molar-refractivity contribution < 1.29 is 23.1 Å². The molecule has 4 nitrogen and oxygen atoms in total. The van der Waals surface area contributed by atoms with E-state index in [0.29, 0.717) is 0 Å². The highest BCUT2D eigenvalue weighted by molar-refractivity contribution is 5.83. The van der Waals surface area contributed by atoms with Gasteiger partial charge in [-0.1, -0.05) is 6.08 Å². The lowest BCUT2D eigenvalue weighted by Crippen LogP contribution is -2.35. The number of carbonyl (C=O) groups is 1. The summed E-state index contributed by atoms with van der Waals surface area (Å²) in [5, 5.41) is 19.8. The maximum absolute atomic E-state index is 12.0. The van der Waals surface area contributed by atoms with E-state index in [4.69, 9.17) is 5.26 Å². The summed E-state index contributed by atoms with van der Waals surface area (Å²) in [4.78, 5) is 10.7. The molecule has 96 valence electrons. The van der Waals surface area contributed by atoms with Gasteiger partial charge in [0.25, 0.3) is 0 Å². The molecule has 2 N–H and O–H groups in total. The molecule has 0 aromatic rings. The fourth-order valence-corrected chi connectivity index (χ4v) is 1.19. The largest absolute Gasteiger partial charge is 0.471 e. The molecule has 1 amide bonds. The number of aliphatic hydroxyl groups is 1. The van der Waals surface area contributed by atoms with Gasteiger partial charge in [0, 0.05) is 5.70 Å². The van der Waals surface area contributed by atoms with E-state index in [2.05, 4.69) is 0 Å². The van der Waals surface area contributed by atoms with E-state index in [9.17, 15) is 23.1 Å². The van der Waals surface area contributed by atoms with E-state index in [0.717, 1.165) is 6.08 Å². The van der Waals surface area contributed by atoms with E-state index >= 15 is 0 Å². The van der Waals surface area contributed by atoms with E-state index in [-0.39, 0.29) is 17.7 Å². The monoisotopic (exact) mass is 258 g/mol. The number of amides is 1. The Morgan fingerprint density at radius 2 is 2.17 bits per heavy atom. The predicted molar refractivity (Wildman–Crippen MR) is 55.7 cm³/mol. The SMILES string of the molecule is N#C/C1=C/C=C(NC(=O)C(F)(F)F)\C=C/C[C@@H]1O. The molecular formula is C11H9F3N2O2. The maximum atomic E-state index is 12.0. The standard InChI is InChI=1S/C11H9F3N2O2/c12-11(13,14)10(18)16-8-2-1-3-9(17)7(6-15)4-5-8/h1-2,4-5,9,17H,3H2,(H,16,18)/b2-1-,7-4-,8-5+/t9-/m0/s1. The Morgan fingerprint density at radius 3 is 2.72 bits per heavy atom. The Bertz CT molecular complexity index is 470. The van der Waals surface area contributed by atoms with Gasteiger partial charge in [-0.05, 0) is 24.6 Å². The molecule has 0 fully saturated rings. The summed E-state index contributed by atoms with van der Waals surface area (Å²) in [6.45, 7) is 0. The number of hydrogen-bond acceptors (Lipinski definition) is 3. The first kappa shape index (κ1) is 14.0. The van der Waals surface area contributed by atoms with Gasteiger partial charge in [-0.15, -0.1) is 0 Å². The van der Waals surface area contributed by atoms with Gasteiger partial charge in [0.2, 0.25) is 0 Å². The Kier molecular flexibility index (Phi) is 4.28. The quantitative estimate of drug-likeness (QED) is 0.745. The lowest BCUT2D eigenvalue weighted by molar-refractivity contribution is -0.172. The van der Waals surface area contributed by atoms with E-state index < -0.39 is 18.2 Å². The van der Waals surface area contributed by atoms with Crippen LogP contribution in [0.5, 0.6) is 0 Å². The van der Waals surface area contributed by atoms with Gasteiger partial charge in [0.05, 0.1) is 17.7 Å². The third-order valence-electron chi connectivity index (χ3n) is 2.10. The molecule has 0 heterocycles. The van der Waals surface area contributed by atoms with E-state index in [1.54, 1.807) is 11.4 Å². The predicted octanol–water partition coefficient (Wildman–Crippen LogP) is 1.32. The van der Waals surface area contributed by atoms with Crippen LogP contribution in [-0.2, 0) is 4.79 Å². The molecule has 0 radical (unpaired) electrons. The minimum absolute atomic E-state index is 0.0121. The van der Waals surface area contributed by atoms with Crippen LogP contribution in [0.2, 0.25) is 0 Å². The highest BCUT2D eigenvalue weighted by Crippen LogP contribution is 2.16. The Morgan fingerprint density at radius 1 is 1.50 bits per heavy atom. The molecule has 1 atom stereocenters. The summed E-state index contributed by atoms with van der Waals surface area (Å²) < 4.78 is 36.1. The topological polar surface area (TPSA) is 73.1 Å². The van der Waals surface area contributed by atoms with Crippen molar-refractivity contribution in [3.8, 4) is 6.07 Å². The smallest absolute Gasteiger partial charge is 0.387 e. The number of rotatable bonds is 1. The molecule has 0 aliphatic heterocycles. The van der Waals surface area contributed by atoms with Gasteiger partial charge in [0.15, 0.2) is 0 Å². The van der Waals surface area contributed by atoms with Crippen LogP contribution in [-0.4, -0.2) is 23.3 Å². The molecule has 0 spiro atoms. The zero-order valence-corrected chi connectivity index (χ0v) is 9.03. The van der Waals surface area contributed by atoms with Crippen molar-refractivity contribution in [3.05, 3.63) is 35.6 Å². The minimum atomic E-state index is -4.97. The zero-order chi connectivity index (χ0) is 13.8. The van der Waals surface area contributed by atoms with Gasteiger partial charge in [-0.2, -0.15) is 18.4 Å². The number of aliphatic hydroxyl groups excluding tert-OH is 1. The molecule has 1 rings (SSSR count). The summed E-state index contributed by atoms with van der Waals surface area (Å²) in [6, 6.07) is 1.72. The van der Waals surface area contributed by atoms with Crippen LogP contribution in [0, 0.1) is 11.3 Å². The van der Waals surface area contributed by atoms with Crippen LogP contribution in [0.1, 0.15) is 6.42 Å². The molecule has 0 bridgehead atoms. The molecule has 18 heavy (non-hydrogen) atoms. The van der Waals surface area contributed by atoms with Crippen LogP contribution in [0.4, 0.5) is 13.2 Å². The second-order valence-electron chi connectivity index (χ2n) is 3.46. The van der Waals surface area contributed by atoms with Crippen LogP contribution in [0.15, 0.2) is 35.6 Å². The van der Waals surface area contributed by atoms with Crippen molar-refractivity contribution in [2.45, 2.75) is 18.7 Å². The molecular weight excluding hydrogens is 249 g/mol. The molecule has 0 aromatic carbocycles. The first-order chi connectivity index (χ1) is 8.34. The second-order valence-corrected chi connectivity index (χ2v) is 3.46. The molecule has 0 saturated carbocycles. The third kappa shape index (κ3) is 3.75. The number of halogens is 3. The van der Waals surface area contributed by atoms with E-state index in [1.165, 1.54) is 18.2 Å². The van der Waals surface area contributed by atoms with Gasteiger partial charge >= 0.3 is 12.1 Å². The van der Waals surface area contributed by atoms with Crippen LogP contribution in [0.25, 0.3) is 0 Å². The van der Waals surface area contributed by atoms with Gasteiger partial charge in [-0.3, -0.25) is 4.79 Å². The van der Waals surface area contributed by atoms with Gasteiger partial charge < -0.3 is 10.4 Å². The minimum Gasteiger partial charge on any atom is -0.387 e. The molecule has 7 heteroatoms. The first-order valence-corrected chi connectivity index (χ1v) is 4.89. The zero-order valence-electron chi connectivity index (χ0n) is 9.03. The Labute approximate surface area is 101 Å². The first-order valence-electron chi connectivity index (χ1n) is 4.89. The number of nitriles is 1. The molecule has 1 aliphatic carbocycles. The van der Waals surface area contributed by atoms with Crippen molar-refractivity contribution in [3.63, 3.8) is 0 Å². The van der Waals surface area contributed by atoms with Crippen molar-refractivity contribution in [1.82, 2.24) is 5.32 Å². The molecule has 0 saturated heterocycles. The Balaban J connectivity index is 2.90. The van der Waals surface area contributed by atoms with Crippen LogP contribution in [0.3, 0.4) is 0 Å². The van der Waals surface area contributed by atoms with Crippen molar-refractivity contribution in [1.29, 1.82) is 5.26 Å². The fourth-order valence-electron chi connectivity index (χ4n) is 1.19. The lowest BCUT2D eigenvalue weighted by atomic mass is 10.0. The van der Waals surface area contributed by atoms with Crippen molar-refractivity contribution >= 4 is 5.91 Å². The Hall–Kier alpha value is -2.07. The summed E-state index contributed by atoms with van der Waals surface area (Å²) >= 11 is 0. The summed E-state index contributed by atoms with van der Waals surface area (Å²) in [6.07, 6.45) is -0.991.